The van der Waals surface area contributed by atoms with Gasteiger partial charge in [0.05, 0.1) is 11.6 Å². The van der Waals surface area contributed by atoms with Crippen LogP contribution < -0.4 is 15.4 Å². The third-order valence-electron chi connectivity index (χ3n) is 3.90. The molecule has 140 valence electrons. The summed E-state index contributed by atoms with van der Waals surface area (Å²) in [7, 11) is 0. The maximum absolute atomic E-state index is 6.09. The van der Waals surface area contributed by atoms with E-state index in [1.165, 1.54) is 0 Å². The highest BCUT2D eigenvalue weighted by Crippen LogP contribution is 2.22. The van der Waals surface area contributed by atoms with Crippen LogP contribution in [0.15, 0.2) is 47.7 Å². The first-order chi connectivity index (χ1) is 12.2. The second-order valence-electron chi connectivity index (χ2n) is 5.54. The Labute approximate surface area is 175 Å². The fraction of sp³-hybridized carbons (Fsp3) is 0.353. The molecule has 26 heavy (non-hydrogen) atoms. The number of piperazine rings is 1. The van der Waals surface area contributed by atoms with Gasteiger partial charge in [-0.3, -0.25) is 0 Å². The molecular weight excluding hydrogens is 467 g/mol. The lowest BCUT2D eigenvalue weighted by molar-refractivity contribution is 0.326. The van der Waals surface area contributed by atoms with Crippen molar-refractivity contribution in [3.63, 3.8) is 0 Å². The van der Waals surface area contributed by atoms with Crippen LogP contribution >= 0.6 is 35.6 Å². The van der Waals surface area contributed by atoms with Gasteiger partial charge in [-0.1, -0.05) is 23.7 Å². The van der Waals surface area contributed by atoms with Crippen molar-refractivity contribution < 1.29 is 4.74 Å². The Morgan fingerprint density at radius 3 is 2.50 bits per heavy atom. The average molecular weight is 489 g/mol. The van der Waals surface area contributed by atoms with E-state index >= 15 is 0 Å². The zero-order valence-corrected chi connectivity index (χ0v) is 17.4. The van der Waals surface area contributed by atoms with Crippen LogP contribution in [0.25, 0.3) is 0 Å². The molecule has 0 radical (unpaired) electrons. The van der Waals surface area contributed by atoms with Crippen molar-refractivity contribution in [1.29, 1.82) is 0 Å². The average Bonchev–Trinajstić information content (AvgIpc) is 2.67. The number of nitrogens with two attached hydrogens (primary N) is 1. The number of hydrogen-bond donors (Lipinski definition) is 1. The van der Waals surface area contributed by atoms with Crippen LogP contribution in [0.4, 0.5) is 5.95 Å². The maximum Gasteiger partial charge on any atom is 0.225 e. The molecule has 0 saturated carbocycles. The number of aliphatic imine (C=N–C) groups is 1. The Bertz CT molecular complexity index is 709. The SMILES string of the molecule is I.NC(=NCCOc1ccccc1Cl)N1CCN(c2ncccn2)CC1. The Kier molecular flexibility index (Phi) is 8.17. The molecule has 2 heterocycles. The summed E-state index contributed by atoms with van der Waals surface area (Å²) in [5, 5.41) is 0.596. The van der Waals surface area contributed by atoms with Gasteiger partial charge in [-0.05, 0) is 18.2 Å². The van der Waals surface area contributed by atoms with Gasteiger partial charge < -0.3 is 20.3 Å². The number of hydrogen-bond acceptors (Lipinski definition) is 5. The summed E-state index contributed by atoms with van der Waals surface area (Å²) in [4.78, 5) is 17.2. The van der Waals surface area contributed by atoms with Crippen LogP contribution in [0.2, 0.25) is 5.02 Å². The molecule has 1 saturated heterocycles. The molecule has 1 aromatic heterocycles. The van der Waals surface area contributed by atoms with Crippen molar-refractivity contribution in [3.8, 4) is 5.75 Å². The molecule has 2 N–H and O–H groups in total. The minimum Gasteiger partial charge on any atom is -0.490 e. The molecule has 1 aromatic carbocycles. The van der Waals surface area contributed by atoms with Crippen molar-refractivity contribution in [3.05, 3.63) is 47.7 Å². The van der Waals surface area contributed by atoms with Crippen molar-refractivity contribution in [2.24, 2.45) is 10.7 Å². The molecular formula is C17H22ClIN6O. The van der Waals surface area contributed by atoms with E-state index in [0.717, 1.165) is 32.1 Å². The van der Waals surface area contributed by atoms with E-state index in [1.54, 1.807) is 18.5 Å². The number of aromatic nitrogens is 2. The fourth-order valence-electron chi connectivity index (χ4n) is 2.57. The van der Waals surface area contributed by atoms with Gasteiger partial charge in [-0.2, -0.15) is 0 Å². The van der Waals surface area contributed by atoms with E-state index in [9.17, 15) is 0 Å². The third-order valence-corrected chi connectivity index (χ3v) is 4.21. The number of para-hydroxylation sites is 1. The number of rotatable bonds is 5. The van der Waals surface area contributed by atoms with E-state index in [-0.39, 0.29) is 24.0 Å². The monoisotopic (exact) mass is 488 g/mol. The van der Waals surface area contributed by atoms with Crippen LogP contribution in [-0.2, 0) is 0 Å². The number of anilines is 1. The van der Waals surface area contributed by atoms with E-state index in [2.05, 4.69) is 24.8 Å². The van der Waals surface area contributed by atoms with Gasteiger partial charge >= 0.3 is 0 Å². The molecule has 1 fully saturated rings. The highest BCUT2D eigenvalue weighted by molar-refractivity contribution is 14.0. The Morgan fingerprint density at radius 1 is 1.12 bits per heavy atom. The fourth-order valence-corrected chi connectivity index (χ4v) is 2.76. The Hall–Kier alpha value is -1.81. The van der Waals surface area contributed by atoms with Crippen molar-refractivity contribution in [2.75, 3.05) is 44.2 Å². The standard InChI is InChI=1S/C17H21ClN6O.HI/c18-14-4-1-2-5-15(14)25-13-8-20-16(19)23-9-11-24(12-10-23)17-21-6-3-7-22-17;/h1-7H,8-13H2,(H2,19,20);1H. The Balaban J connectivity index is 0.00000243. The van der Waals surface area contributed by atoms with E-state index < -0.39 is 0 Å². The normalized spacial score (nSPS) is 14.7. The zero-order chi connectivity index (χ0) is 17.5. The lowest BCUT2D eigenvalue weighted by Gasteiger charge is -2.35. The smallest absolute Gasteiger partial charge is 0.225 e. The van der Waals surface area contributed by atoms with Crippen molar-refractivity contribution in [2.45, 2.75) is 0 Å². The predicted octanol–water partition coefficient (Wildman–Crippen LogP) is 2.26. The van der Waals surface area contributed by atoms with E-state index in [0.29, 0.717) is 29.9 Å². The number of ether oxygens (including phenoxy) is 1. The van der Waals surface area contributed by atoms with Gasteiger partial charge in [0.15, 0.2) is 5.96 Å². The van der Waals surface area contributed by atoms with E-state index in [1.807, 2.05) is 24.3 Å². The lowest BCUT2D eigenvalue weighted by atomic mass is 10.3. The van der Waals surface area contributed by atoms with Crippen molar-refractivity contribution >= 4 is 47.5 Å². The number of nitrogens with zero attached hydrogens (tertiary/aromatic N) is 5. The highest BCUT2D eigenvalue weighted by atomic mass is 127. The Morgan fingerprint density at radius 2 is 1.81 bits per heavy atom. The first kappa shape index (κ1) is 20.5. The molecule has 0 atom stereocenters. The number of halogens is 2. The summed E-state index contributed by atoms with van der Waals surface area (Å²) in [6.07, 6.45) is 3.51. The molecule has 1 aliphatic heterocycles. The van der Waals surface area contributed by atoms with Crippen LogP contribution in [0.3, 0.4) is 0 Å². The largest absolute Gasteiger partial charge is 0.490 e. The van der Waals surface area contributed by atoms with E-state index in [4.69, 9.17) is 22.1 Å². The van der Waals surface area contributed by atoms with Gasteiger partial charge in [-0.15, -0.1) is 24.0 Å². The third kappa shape index (κ3) is 5.60. The molecule has 7 nitrogen and oxygen atoms in total. The second kappa shape index (κ2) is 10.4. The van der Waals surface area contributed by atoms with Crippen LogP contribution in [0, 0.1) is 0 Å². The van der Waals surface area contributed by atoms with Gasteiger partial charge in [0.1, 0.15) is 12.4 Å². The van der Waals surface area contributed by atoms with Gasteiger partial charge in [-0.25, -0.2) is 15.0 Å². The number of benzene rings is 1. The minimum atomic E-state index is 0. The van der Waals surface area contributed by atoms with Gasteiger partial charge in [0, 0.05) is 38.6 Å². The summed E-state index contributed by atoms with van der Waals surface area (Å²) in [5.74, 6) is 1.96. The highest BCUT2D eigenvalue weighted by Gasteiger charge is 2.19. The maximum atomic E-state index is 6.09. The molecule has 0 amide bonds. The van der Waals surface area contributed by atoms with Crippen LogP contribution in [-0.4, -0.2) is 60.2 Å². The summed E-state index contributed by atoms with van der Waals surface area (Å²) >= 11 is 6.04. The number of guanidine groups is 1. The van der Waals surface area contributed by atoms with Crippen LogP contribution in [0.5, 0.6) is 5.75 Å². The topological polar surface area (TPSA) is 79.9 Å². The molecule has 2 aromatic rings. The van der Waals surface area contributed by atoms with Crippen molar-refractivity contribution in [1.82, 2.24) is 14.9 Å². The molecule has 0 bridgehead atoms. The molecule has 0 spiro atoms. The molecule has 9 heteroatoms. The van der Waals surface area contributed by atoms with Gasteiger partial charge in [0.2, 0.25) is 5.95 Å². The van der Waals surface area contributed by atoms with Crippen LogP contribution in [0.1, 0.15) is 0 Å². The predicted molar refractivity (Wildman–Crippen MR) is 115 cm³/mol. The molecule has 0 aliphatic carbocycles. The summed E-state index contributed by atoms with van der Waals surface area (Å²) < 4.78 is 5.61. The second-order valence-corrected chi connectivity index (χ2v) is 5.95. The molecule has 1 aliphatic rings. The first-order valence-electron chi connectivity index (χ1n) is 8.18. The molecule has 0 unspecified atom stereocenters. The van der Waals surface area contributed by atoms with Gasteiger partial charge in [0.25, 0.3) is 0 Å². The molecule has 3 rings (SSSR count). The quantitative estimate of drug-likeness (QED) is 0.301. The lowest BCUT2D eigenvalue weighted by Crippen LogP contribution is -2.51. The first-order valence-corrected chi connectivity index (χ1v) is 8.56. The summed E-state index contributed by atoms with van der Waals surface area (Å²) in [6.45, 7) is 4.13. The summed E-state index contributed by atoms with van der Waals surface area (Å²) in [6, 6.07) is 9.19. The minimum absolute atomic E-state index is 0. The summed E-state index contributed by atoms with van der Waals surface area (Å²) in [5.41, 5.74) is 6.09. The zero-order valence-electron chi connectivity index (χ0n) is 14.3.